The molecular weight excluding hydrogens is 270 g/mol. The summed E-state index contributed by atoms with van der Waals surface area (Å²) in [6.45, 7) is 3.60. The monoisotopic (exact) mass is 291 g/mol. The van der Waals surface area contributed by atoms with Crippen molar-refractivity contribution in [3.05, 3.63) is 18.0 Å². The van der Waals surface area contributed by atoms with Crippen LogP contribution in [0, 0.1) is 0 Å². The van der Waals surface area contributed by atoms with Gasteiger partial charge in [-0.2, -0.15) is 20.1 Å². The molecule has 0 saturated heterocycles. The average Bonchev–Trinajstić information content (AvgIpc) is 2.90. The van der Waals surface area contributed by atoms with Crippen LogP contribution in [0.25, 0.3) is 0 Å². The first-order valence-electron chi connectivity index (χ1n) is 6.97. The smallest absolute Gasteiger partial charge is 0.322 e. The Morgan fingerprint density at radius 3 is 2.43 bits per heavy atom. The predicted molar refractivity (Wildman–Crippen MR) is 80.6 cm³/mol. The van der Waals surface area contributed by atoms with Gasteiger partial charge in [-0.15, -0.1) is 0 Å². The van der Waals surface area contributed by atoms with Crippen molar-refractivity contribution >= 4 is 11.9 Å². The number of aryl methyl sites for hydroxylation is 1. The number of aromatic nitrogens is 5. The predicted octanol–water partition coefficient (Wildman–Crippen LogP) is 1.09. The van der Waals surface area contributed by atoms with Crippen molar-refractivity contribution in [2.75, 3.05) is 30.8 Å². The minimum Gasteiger partial charge on any atom is -0.467 e. The molecule has 0 aliphatic rings. The van der Waals surface area contributed by atoms with E-state index in [1.165, 1.54) is 0 Å². The molecule has 0 amide bonds. The number of rotatable bonds is 8. The van der Waals surface area contributed by atoms with Gasteiger partial charge in [-0.1, -0.05) is 6.92 Å². The zero-order chi connectivity index (χ0) is 15.1. The third kappa shape index (κ3) is 4.30. The molecule has 0 radical (unpaired) electrons. The van der Waals surface area contributed by atoms with Crippen LogP contribution >= 0.6 is 0 Å². The van der Waals surface area contributed by atoms with Crippen molar-refractivity contribution in [2.24, 2.45) is 7.05 Å². The van der Waals surface area contributed by atoms with Gasteiger partial charge in [-0.05, 0) is 12.5 Å². The van der Waals surface area contributed by atoms with Gasteiger partial charge in [0, 0.05) is 38.4 Å². The van der Waals surface area contributed by atoms with Crippen LogP contribution in [0.2, 0.25) is 0 Å². The fourth-order valence-electron chi connectivity index (χ4n) is 1.79. The van der Waals surface area contributed by atoms with E-state index in [2.05, 4.69) is 37.6 Å². The van der Waals surface area contributed by atoms with Crippen LogP contribution in [0.1, 0.15) is 19.0 Å². The SMILES string of the molecule is CCCNc1nc(NCCc2ccnn2C)nc(OC)n1. The number of ether oxygens (including phenoxy) is 1. The van der Waals surface area contributed by atoms with Crippen LogP contribution in [0.5, 0.6) is 6.01 Å². The third-order valence-electron chi connectivity index (χ3n) is 2.92. The average molecular weight is 291 g/mol. The maximum absolute atomic E-state index is 5.09. The second-order valence-corrected chi connectivity index (χ2v) is 4.52. The summed E-state index contributed by atoms with van der Waals surface area (Å²) >= 11 is 0. The van der Waals surface area contributed by atoms with Gasteiger partial charge in [0.25, 0.3) is 0 Å². The first kappa shape index (κ1) is 15.0. The molecule has 8 heteroatoms. The lowest BCUT2D eigenvalue weighted by atomic mass is 10.3. The Hall–Kier alpha value is -2.38. The maximum atomic E-state index is 5.09. The molecule has 21 heavy (non-hydrogen) atoms. The Labute approximate surface area is 124 Å². The molecule has 2 aromatic heterocycles. The third-order valence-corrected chi connectivity index (χ3v) is 2.92. The second-order valence-electron chi connectivity index (χ2n) is 4.52. The van der Waals surface area contributed by atoms with E-state index in [1.807, 2.05) is 17.8 Å². The van der Waals surface area contributed by atoms with E-state index in [9.17, 15) is 0 Å². The minimum atomic E-state index is 0.298. The first-order chi connectivity index (χ1) is 10.2. The molecule has 0 unspecified atom stereocenters. The van der Waals surface area contributed by atoms with Gasteiger partial charge in [0.15, 0.2) is 0 Å². The molecule has 0 saturated carbocycles. The van der Waals surface area contributed by atoms with Crippen LogP contribution in [0.15, 0.2) is 12.3 Å². The highest BCUT2D eigenvalue weighted by atomic mass is 16.5. The Morgan fingerprint density at radius 2 is 1.86 bits per heavy atom. The summed E-state index contributed by atoms with van der Waals surface area (Å²) in [4.78, 5) is 12.6. The molecule has 0 aromatic carbocycles. The molecule has 0 atom stereocenters. The number of hydrogen-bond donors (Lipinski definition) is 2. The fourth-order valence-corrected chi connectivity index (χ4v) is 1.79. The summed E-state index contributed by atoms with van der Waals surface area (Å²) in [5.74, 6) is 1.02. The van der Waals surface area contributed by atoms with Crippen LogP contribution < -0.4 is 15.4 Å². The molecule has 0 fully saturated rings. The molecule has 0 aliphatic heterocycles. The summed E-state index contributed by atoms with van der Waals surface area (Å²) in [5.41, 5.74) is 1.15. The van der Waals surface area contributed by atoms with Crippen LogP contribution in [0.3, 0.4) is 0 Å². The number of methoxy groups -OCH3 is 1. The Morgan fingerprint density at radius 1 is 1.14 bits per heavy atom. The Kier molecular flexibility index (Phi) is 5.30. The summed E-state index contributed by atoms with van der Waals surface area (Å²) in [7, 11) is 3.46. The lowest BCUT2D eigenvalue weighted by Gasteiger charge is -2.09. The van der Waals surface area contributed by atoms with Gasteiger partial charge in [0.2, 0.25) is 11.9 Å². The number of nitrogens with zero attached hydrogens (tertiary/aromatic N) is 5. The number of nitrogens with one attached hydrogen (secondary N) is 2. The molecule has 8 nitrogen and oxygen atoms in total. The lowest BCUT2D eigenvalue weighted by Crippen LogP contribution is -2.13. The van der Waals surface area contributed by atoms with E-state index >= 15 is 0 Å². The molecule has 2 rings (SSSR count). The Bertz CT molecular complexity index is 569. The van der Waals surface area contributed by atoms with Gasteiger partial charge in [0.1, 0.15) is 0 Å². The number of anilines is 2. The first-order valence-corrected chi connectivity index (χ1v) is 6.97. The van der Waals surface area contributed by atoms with E-state index < -0.39 is 0 Å². The highest BCUT2D eigenvalue weighted by Gasteiger charge is 2.06. The van der Waals surface area contributed by atoms with Crippen LogP contribution in [-0.2, 0) is 13.5 Å². The lowest BCUT2D eigenvalue weighted by molar-refractivity contribution is 0.379. The van der Waals surface area contributed by atoms with Gasteiger partial charge in [-0.3, -0.25) is 4.68 Å². The normalized spacial score (nSPS) is 10.4. The standard InChI is InChI=1S/C13H21N7O/c1-4-7-14-11-17-12(19-13(18-11)21-3)15-8-5-10-6-9-16-20(10)2/h6,9H,4-5,7-8H2,1-3H3,(H2,14,15,17,18,19). The molecule has 2 aromatic rings. The molecule has 0 aliphatic carbocycles. The van der Waals surface area contributed by atoms with Crippen molar-refractivity contribution in [2.45, 2.75) is 19.8 Å². The van der Waals surface area contributed by atoms with Gasteiger partial charge in [0.05, 0.1) is 7.11 Å². The fraction of sp³-hybridized carbons (Fsp3) is 0.538. The van der Waals surface area contributed by atoms with Gasteiger partial charge in [-0.25, -0.2) is 0 Å². The zero-order valence-corrected chi connectivity index (χ0v) is 12.6. The summed E-state index contributed by atoms with van der Waals surface area (Å²) < 4.78 is 6.94. The van der Waals surface area contributed by atoms with Crippen molar-refractivity contribution in [3.8, 4) is 6.01 Å². The topological polar surface area (TPSA) is 89.8 Å². The molecule has 114 valence electrons. The van der Waals surface area contributed by atoms with Crippen molar-refractivity contribution in [1.82, 2.24) is 24.7 Å². The molecule has 2 heterocycles. The molecule has 0 bridgehead atoms. The van der Waals surface area contributed by atoms with E-state index in [1.54, 1.807) is 13.3 Å². The van der Waals surface area contributed by atoms with Crippen LogP contribution in [-0.4, -0.2) is 44.9 Å². The minimum absolute atomic E-state index is 0.298. The summed E-state index contributed by atoms with van der Waals surface area (Å²) in [5, 5.41) is 10.4. The van der Waals surface area contributed by atoms with E-state index in [0.717, 1.165) is 25.1 Å². The van der Waals surface area contributed by atoms with Crippen molar-refractivity contribution in [1.29, 1.82) is 0 Å². The van der Waals surface area contributed by atoms with Crippen LogP contribution in [0.4, 0.5) is 11.9 Å². The largest absolute Gasteiger partial charge is 0.467 e. The van der Waals surface area contributed by atoms with Crippen molar-refractivity contribution in [3.63, 3.8) is 0 Å². The van der Waals surface area contributed by atoms with E-state index in [-0.39, 0.29) is 0 Å². The molecular formula is C13H21N7O. The second kappa shape index (κ2) is 7.41. The highest BCUT2D eigenvalue weighted by Crippen LogP contribution is 2.10. The van der Waals surface area contributed by atoms with Crippen molar-refractivity contribution < 1.29 is 4.74 Å². The Balaban J connectivity index is 1.96. The highest BCUT2D eigenvalue weighted by molar-refractivity contribution is 5.35. The van der Waals surface area contributed by atoms with Gasteiger partial charge >= 0.3 is 6.01 Å². The van der Waals surface area contributed by atoms with E-state index in [4.69, 9.17) is 4.74 Å². The maximum Gasteiger partial charge on any atom is 0.322 e. The number of hydrogen-bond acceptors (Lipinski definition) is 7. The summed E-state index contributed by atoms with van der Waals surface area (Å²) in [6, 6.07) is 2.29. The summed E-state index contributed by atoms with van der Waals surface area (Å²) in [6.07, 6.45) is 3.62. The van der Waals surface area contributed by atoms with Gasteiger partial charge < -0.3 is 15.4 Å². The zero-order valence-electron chi connectivity index (χ0n) is 12.6. The molecule has 2 N–H and O–H groups in total. The quantitative estimate of drug-likeness (QED) is 0.752. The van der Waals surface area contributed by atoms with E-state index in [0.29, 0.717) is 24.5 Å². The molecule has 0 spiro atoms.